The third kappa shape index (κ3) is 2.35. The minimum Gasteiger partial charge on any atom is -0.392 e. The van der Waals surface area contributed by atoms with Gasteiger partial charge in [-0.1, -0.05) is 24.1 Å². The third-order valence-corrected chi connectivity index (χ3v) is 2.04. The van der Waals surface area contributed by atoms with Gasteiger partial charge in [-0.2, -0.15) is 0 Å². The predicted octanol–water partition coefficient (Wildman–Crippen LogP) is 1.41. The highest BCUT2D eigenvalue weighted by Crippen LogP contribution is 2.20. The van der Waals surface area contributed by atoms with Gasteiger partial charge in [0.25, 0.3) is 0 Å². The molecule has 1 rings (SSSR count). The van der Waals surface area contributed by atoms with Gasteiger partial charge in [0.15, 0.2) is 0 Å². The summed E-state index contributed by atoms with van der Waals surface area (Å²) in [5, 5.41) is 18.9. The van der Waals surface area contributed by atoms with Crippen molar-refractivity contribution < 1.29 is 10.2 Å². The molecule has 0 amide bonds. The zero-order valence-corrected chi connectivity index (χ0v) is 8.41. The first-order valence-electron chi connectivity index (χ1n) is 4.46. The van der Waals surface area contributed by atoms with E-state index in [0.717, 1.165) is 5.56 Å². The van der Waals surface area contributed by atoms with Crippen molar-refractivity contribution in [2.75, 3.05) is 0 Å². The number of rotatable bonds is 2. The van der Waals surface area contributed by atoms with E-state index in [1.165, 1.54) is 0 Å². The maximum Gasteiger partial charge on any atom is 0.148 e. The zero-order chi connectivity index (χ0) is 10.6. The highest BCUT2D eigenvalue weighted by Gasteiger charge is 2.19. The van der Waals surface area contributed by atoms with Gasteiger partial charge in [-0.3, -0.25) is 0 Å². The summed E-state index contributed by atoms with van der Waals surface area (Å²) in [5.74, 6) is 5.39. The molecule has 0 saturated carbocycles. The van der Waals surface area contributed by atoms with Crippen LogP contribution in [-0.2, 0) is 12.2 Å². The standard InChI is InChI=1S/C12H14O2/c1-3-7-12(2,14)11-6-4-5-10(8-11)9-13/h4-6,8,13-14H,9H2,1-2H3. The molecule has 0 saturated heterocycles. The van der Waals surface area contributed by atoms with Crippen molar-refractivity contribution in [2.45, 2.75) is 26.1 Å². The van der Waals surface area contributed by atoms with Crippen LogP contribution in [0.25, 0.3) is 0 Å². The monoisotopic (exact) mass is 190 g/mol. The summed E-state index contributed by atoms with van der Waals surface area (Å²) in [6, 6.07) is 7.15. The van der Waals surface area contributed by atoms with Gasteiger partial charge in [-0.05, 0) is 31.0 Å². The van der Waals surface area contributed by atoms with Gasteiger partial charge in [0, 0.05) is 0 Å². The summed E-state index contributed by atoms with van der Waals surface area (Å²) in [6.07, 6.45) is 0. The van der Waals surface area contributed by atoms with E-state index in [-0.39, 0.29) is 6.61 Å². The average Bonchev–Trinajstić information content (AvgIpc) is 2.18. The molecule has 0 bridgehead atoms. The lowest BCUT2D eigenvalue weighted by atomic mass is 9.95. The second-order valence-electron chi connectivity index (χ2n) is 3.31. The Hall–Kier alpha value is -1.30. The molecule has 14 heavy (non-hydrogen) atoms. The predicted molar refractivity (Wildman–Crippen MR) is 55.4 cm³/mol. The molecule has 1 aromatic carbocycles. The maximum absolute atomic E-state index is 9.95. The van der Waals surface area contributed by atoms with Gasteiger partial charge in [-0.25, -0.2) is 0 Å². The molecule has 0 aliphatic rings. The molecule has 2 nitrogen and oxygen atoms in total. The molecular weight excluding hydrogens is 176 g/mol. The molecule has 0 aliphatic carbocycles. The Kier molecular flexibility index (Phi) is 3.29. The molecule has 0 radical (unpaired) electrons. The van der Waals surface area contributed by atoms with E-state index in [2.05, 4.69) is 11.8 Å². The quantitative estimate of drug-likeness (QED) is 0.692. The lowest BCUT2D eigenvalue weighted by molar-refractivity contribution is 0.122. The number of aliphatic hydroxyl groups excluding tert-OH is 1. The van der Waals surface area contributed by atoms with Crippen LogP contribution in [0.1, 0.15) is 25.0 Å². The molecule has 2 N–H and O–H groups in total. The maximum atomic E-state index is 9.95. The Morgan fingerprint density at radius 3 is 2.71 bits per heavy atom. The fourth-order valence-electron chi connectivity index (χ4n) is 1.29. The summed E-state index contributed by atoms with van der Waals surface area (Å²) in [5.41, 5.74) is 0.346. The average molecular weight is 190 g/mol. The van der Waals surface area contributed by atoms with Crippen LogP contribution in [0.15, 0.2) is 24.3 Å². The minimum absolute atomic E-state index is 0.0243. The largest absolute Gasteiger partial charge is 0.392 e. The fraction of sp³-hybridized carbons (Fsp3) is 0.333. The SMILES string of the molecule is CC#CC(C)(O)c1cccc(CO)c1. The highest BCUT2D eigenvalue weighted by molar-refractivity contribution is 5.33. The molecule has 1 unspecified atom stereocenters. The number of hydrogen-bond donors (Lipinski definition) is 2. The molecule has 2 heteroatoms. The van der Waals surface area contributed by atoms with Crippen molar-refractivity contribution in [2.24, 2.45) is 0 Å². The molecule has 0 spiro atoms. The van der Waals surface area contributed by atoms with Crippen molar-refractivity contribution >= 4 is 0 Å². The number of aliphatic hydroxyl groups is 2. The second kappa shape index (κ2) is 4.28. The molecular formula is C12H14O2. The number of benzene rings is 1. The first-order chi connectivity index (χ1) is 6.60. The second-order valence-corrected chi connectivity index (χ2v) is 3.31. The molecule has 0 fully saturated rings. The van der Waals surface area contributed by atoms with Crippen molar-refractivity contribution in [3.8, 4) is 11.8 Å². The van der Waals surface area contributed by atoms with Gasteiger partial charge in [0.05, 0.1) is 6.61 Å². The van der Waals surface area contributed by atoms with Crippen molar-refractivity contribution in [3.63, 3.8) is 0 Å². The molecule has 0 heterocycles. The van der Waals surface area contributed by atoms with Crippen LogP contribution in [-0.4, -0.2) is 10.2 Å². The fourth-order valence-corrected chi connectivity index (χ4v) is 1.29. The van der Waals surface area contributed by atoms with E-state index in [0.29, 0.717) is 5.56 Å². The summed E-state index contributed by atoms with van der Waals surface area (Å²) in [7, 11) is 0. The summed E-state index contributed by atoms with van der Waals surface area (Å²) in [6.45, 7) is 3.30. The van der Waals surface area contributed by atoms with E-state index in [4.69, 9.17) is 5.11 Å². The van der Waals surface area contributed by atoms with Crippen LogP contribution in [0.4, 0.5) is 0 Å². The summed E-state index contributed by atoms with van der Waals surface area (Å²) < 4.78 is 0. The first kappa shape index (κ1) is 10.8. The van der Waals surface area contributed by atoms with Gasteiger partial charge in [-0.15, -0.1) is 5.92 Å². The minimum atomic E-state index is -1.14. The van der Waals surface area contributed by atoms with Crippen LogP contribution in [0.5, 0.6) is 0 Å². The van der Waals surface area contributed by atoms with Crippen LogP contribution in [0.3, 0.4) is 0 Å². The molecule has 0 aliphatic heterocycles. The van der Waals surface area contributed by atoms with E-state index in [1.54, 1.807) is 38.1 Å². The summed E-state index contributed by atoms with van der Waals surface area (Å²) in [4.78, 5) is 0. The highest BCUT2D eigenvalue weighted by atomic mass is 16.3. The van der Waals surface area contributed by atoms with E-state index >= 15 is 0 Å². The Labute approximate surface area is 84.2 Å². The van der Waals surface area contributed by atoms with Gasteiger partial charge in [0.1, 0.15) is 5.60 Å². The van der Waals surface area contributed by atoms with Gasteiger partial charge < -0.3 is 10.2 Å². The van der Waals surface area contributed by atoms with Crippen molar-refractivity contribution in [3.05, 3.63) is 35.4 Å². The topological polar surface area (TPSA) is 40.5 Å². The van der Waals surface area contributed by atoms with E-state index in [1.807, 2.05) is 0 Å². The van der Waals surface area contributed by atoms with Crippen molar-refractivity contribution in [1.29, 1.82) is 0 Å². The Morgan fingerprint density at radius 1 is 1.43 bits per heavy atom. The van der Waals surface area contributed by atoms with Crippen LogP contribution in [0, 0.1) is 11.8 Å². The molecule has 1 aromatic rings. The lowest BCUT2D eigenvalue weighted by Crippen LogP contribution is -2.18. The van der Waals surface area contributed by atoms with Gasteiger partial charge in [0.2, 0.25) is 0 Å². The lowest BCUT2D eigenvalue weighted by Gasteiger charge is -2.17. The Balaban J connectivity index is 3.10. The van der Waals surface area contributed by atoms with Crippen LogP contribution < -0.4 is 0 Å². The molecule has 0 aromatic heterocycles. The van der Waals surface area contributed by atoms with E-state index < -0.39 is 5.60 Å². The normalized spacial score (nSPS) is 14.0. The van der Waals surface area contributed by atoms with Crippen LogP contribution >= 0.6 is 0 Å². The number of hydrogen-bond acceptors (Lipinski definition) is 2. The Bertz CT molecular complexity index is 369. The van der Waals surface area contributed by atoms with E-state index in [9.17, 15) is 5.11 Å². The first-order valence-corrected chi connectivity index (χ1v) is 4.46. The molecule has 74 valence electrons. The Morgan fingerprint density at radius 2 is 2.14 bits per heavy atom. The zero-order valence-electron chi connectivity index (χ0n) is 8.41. The molecule has 1 atom stereocenters. The summed E-state index contributed by atoms with van der Waals surface area (Å²) >= 11 is 0. The van der Waals surface area contributed by atoms with Crippen molar-refractivity contribution in [1.82, 2.24) is 0 Å². The third-order valence-electron chi connectivity index (χ3n) is 2.04. The smallest absolute Gasteiger partial charge is 0.148 e. The van der Waals surface area contributed by atoms with Gasteiger partial charge >= 0.3 is 0 Å². The van der Waals surface area contributed by atoms with Crippen LogP contribution in [0.2, 0.25) is 0 Å².